The molecule has 1 N–H and O–H groups in total. The van der Waals surface area contributed by atoms with Crippen molar-refractivity contribution in [2.24, 2.45) is 5.92 Å². The van der Waals surface area contributed by atoms with Crippen LogP contribution in [0.2, 0.25) is 0 Å². The Hall–Kier alpha value is -1.88. The summed E-state index contributed by atoms with van der Waals surface area (Å²) in [5.41, 5.74) is 1.04. The van der Waals surface area contributed by atoms with Crippen LogP contribution >= 0.6 is 0 Å². The molecule has 0 radical (unpaired) electrons. The minimum absolute atomic E-state index is 0.141. The van der Waals surface area contributed by atoms with E-state index in [4.69, 9.17) is 4.74 Å². The van der Waals surface area contributed by atoms with Crippen LogP contribution in [-0.4, -0.2) is 34.1 Å². The number of benzene rings is 1. The van der Waals surface area contributed by atoms with Gasteiger partial charge in [-0.25, -0.2) is 4.79 Å². The molecule has 3 rings (SSSR count). The number of para-hydroxylation sites is 1. The third-order valence-corrected chi connectivity index (χ3v) is 3.63. The highest BCUT2D eigenvalue weighted by Crippen LogP contribution is 2.22. The molecule has 0 amide bonds. The lowest BCUT2D eigenvalue weighted by molar-refractivity contribution is 0.0600. The molecule has 0 unspecified atom stereocenters. The van der Waals surface area contributed by atoms with Crippen molar-refractivity contribution in [3.05, 3.63) is 30.0 Å². The van der Waals surface area contributed by atoms with E-state index in [-0.39, 0.29) is 5.69 Å². The number of fused-ring (bicyclic) bond motifs is 1. The number of aromatic nitrogens is 2. The fourth-order valence-corrected chi connectivity index (χ4v) is 2.60. The minimum atomic E-state index is -0.970. The van der Waals surface area contributed by atoms with Crippen LogP contribution in [0.5, 0.6) is 0 Å². The van der Waals surface area contributed by atoms with Gasteiger partial charge in [-0.2, -0.15) is 5.10 Å². The predicted octanol–water partition coefficient (Wildman–Crippen LogP) is 3.19. The number of carboxylic acids is 1. The summed E-state index contributed by atoms with van der Waals surface area (Å²) in [7, 11) is 0. The summed E-state index contributed by atoms with van der Waals surface area (Å²) in [5.74, 6) is -0.458. The van der Waals surface area contributed by atoms with Gasteiger partial charge in [0.05, 0.1) is 5.52 Å². The van der Waals surface area contributed by atoms with Crippen LogP contribution in [0.3, 0.4) is 0 Å². The van der Waals surface area contributed by atoms with E-state index < -0.39 is 5.97 Å². The lowest BCUT2D eigenvalue weighted by Gasteiger charge is -2.22. The second-order valence-electron chi connectivity index (χ2n) is 4.91. The molecule has 21 heavy (non-hydrogen) atoms. The van der Waals surface area contributed by atoms with Crippen molar-refractivity contribution in [3.8, 4) is 0 Å². The Kier molecular flexibility index (Phi) is 5.33. The second kappa shape index (κ2) is 7.22. The van der Waals surface area contributed by atoms with Gasteiger partial charge in [0.15, 0.2) is 5.69 Å². The third kappa shape index (κ3) is 3.42. The molecular weight excluding hydrogens is 268 g/mol. The zero-order valence-electron chi connectivity index (χ0n) is 12.6. The Morgan fingerprint density at radius 1 is 1.33 bits per heavy atom. The molecule has 0 atom stereocenters. The van der Waals surface area contributed by atoms with Crippen molar-refractivity contribution >= 4 is 16.9 Å². The van der Waals surface area contributed by atoms with E-state index in [2.05, 4.69) is 5.10 Å². The van der Waals surface area contributed by atoms with Crippen molar-refractivity contribution in [2.45, 2.75) is 33.2 Å². The highest BCUT2D eigenvalue weighted by Gasteiger charge is 2.19. The zero-order valence-corrected chi connectivity index (χ0v) is 12.6. The second-order valence-corrected chi connectivity index (χ2v) is 4.91. The van der Waals surface area contributed by atoms with Crippen LogP contribution in [-0.2, 0) is 11.3 Å². The van der Waals surface area contributed by atoms with Crippen LogP contribution in [0, 0.1) is 5.92 Å². The number of ether oxygens (including phenoxy) is 1. The van der Waals surface area contributed by atoms with E-state index >= 15 is 0 Å². The number of hydrogen-bond acceptors (Lipinski definition) is 3. The SMILES string of the molecule is CC.O=C(O)c1nn(CC2CCOCC2)c2ccccc12. The van der Waals surface area contributed by atoms with E-state index in [0.717, 1.165) is 38.1 Å². The van der Waals surface area contributed by atoms with Gasteiger partial charge in [-0.1, -0.05) is 32.0 Å². The Balaban J connectivity index is 0.000000774. The van der Waals surface area contributed by atoms with Crippen molar-refractivity contribution in [1.82, 2.24) is 9.78 Å². The standard InChI is InChI=1S/C14H16N2O3.C2H6/c17-14(18)13-11-3-1-2-4-12(11)16(15-13)9-10-5-7-19-8-6-10;1-2/h1-4,10H,5-9H2,(H,17,18);1-2H3. The quantitative estimate of drug-likeness (QED) is 0.943. The molecule has 0 saturated carbocycles. The summed E-state index contributed by atoms with van der Waals surface area (Å²) in [4.78, 5) is 11.2. The topological polar surface area (TPSA) is 64.3 Å². The third-order valence-electron chi connectivity index (χ3n) is 3.63. The summed E-state index contributed by atoms with van der Waals surface area (Å²) in [5, 5.41) is 14.2. The Morgan fingerprint density at radius 3 is 2.67 bits per heavy atom. The molecular formula is C16H22N2O3. The zero-order chi connectivity index (χ0) is 15.2. The van der Waals surface area contributed by atoms with Gasteiger partial charge >= 0.3 is 5.97 Å². The minimum Gasteiger partial charge on any atom is -0.476 e. The fraction of sp³-hybridized carbons (Fsp3) is 0.500. The predicted molar refractivity (Wildman–Crippen MR) is 81.6 cm³/mol. The summed E-state index contributed by atoms with van der Waals surface area (Å²) >= 11 is 0. The lowest BCUT2D eigenvalue weighted by Crippen LogP contribution is -2.21. The van der Waals surface area contributed by atoms with Gasteiger partial charge in [0.25, 0.3) is 0 Å². The first-order chi connectivity index (χ1) is 10.3. The Morgan fingerprint density at radius 2 is 2.00 bits per heavy atom. The number of aromatic carboxylic acids is 1. The van der Waals surface area contributed by atoms with Gasteiger partial charge in [0.1, 0.15) is 0 Å². The van der Waals surface area contributed by atoms with Crippen molar-refractivity contribution in [3.63, 3.8) is 0 Å². The monoisotopic (exact) mass is 290 g/mol. The van der Waals surface area contributed by atoms with Crippen LogP contribution in [0.1, 0.15) is 37.2 Å². The maximum Gasteiger partial charge on any atom is 0.357 e. The summed E-state index contributed by atoms with van der Waals surface area (Å²) in [6.07, 6.45) is 2.02. The molecule has 2 heterocycles. The maximum absolute atomic E-state index is 11.2. The fourth-order valence-electron chi connectivity index (χ4n) is 2.60. The van der Waals surface area contributed by atoms with Crippen LogP contribution < -0.4 is 0 Å². The maximum atomic E-state index is 11.2. The molecule has 1 fully saturated rings. The van der Waals surface area contributed by atoms with Crippen LogP contribution in [0.25, 0.3) is 10.9 Å². The molecule has 1 saturated heterocycles. The molecule has 1 aromatic carbocycles. The smallest absolute Gasteiger partial charge is 0.357 e. The van der Waals surface area contributed by atoms with Crippen LogP contribution in [0.4, 0.5) is 0 Å². The van der Waals surface area contributed by atoms with Gasteiger partial charge in [0.2, 0.25) is 0 Å². The van der Waals surface area contributed by atoms with E-state index in [0.29, 0.717) is 11.3 Å². The van der Waals surface area contributed by atoms with Gasteiger partial charge in [-0.3, -0.25) is 4.68 Å². The van der Waals surface area contributed by atoms with Crippen molar-refractivity contribution in [2.75, 3.05) is 13.2 Å². The van der Waals surface area contributed by atoms with Gasteiger partial charge in [-0.15, -0.1) is 0 Å². The number of carbonyl (C=O) groups is 1. The van der Waals surface area contributed by atoms with Crippen molar-refractivity contribution < 1.29 is 14.6 Å². The molecule has 1 aromatic heterocycles. The average molecular weight is 290 g/mol. The molecule has 5 heteroatoms. The summed E-state index contributed by atoms with van der Waals surface area (Å²) in [6.45, 7) is 6.34. The summed E-state index contributed by atoms with van der Waals surface area (Å²) in [6, 6.07) is 7.49. The number of hydrogen-bond donors (Lipinski definition) is 1. The first-order valence-corrected chi connectivity index (χ1v) is 7.52. The van der Waals surface area contributed by atoms with Gasteiger partial charge in [0, 0.05) is 25.1 Å². The van der Waals surface area contributed by atoms with E-state index in [1.54, 1.807) is 0 Å². The first-order valence-electron chi connectivity index (χ1n) is 7.52. The largest absolute Gasteiger partial charge is 0.476 e. The Labute approximate surface area is 124 Å². The van der Waals surface area contributed by atoms with Crippen LogP contribution in [0.15, 0.2) is 24.3 Å². The van der Waals surface area contributed by atoms with Gasteiger partial charge < -0.3 is 9.84 Å². The summed E-state index contributed by atoms with van der Waals surface area (Å²) < 4.78 is 7.17. The normalized spacial score (nSPS) is 15.5. The number of rotatable bonds is 3. The Bertz CT molecular complexity index is 601. The van der Waals surface area contributed by atoms with Gasteiger partial charge in [-0.05, 0) is 24.8 Å². The van der Waals surface area contributed by atoms with E-state index in [9.17, 15) is 9.90 Å². The molecule has 1 aliphatic heterocycles. The molecule has 5 nitrogen and oxygen atoms in total. The average Bonchev–Trinajstić information content (AvgIpc) is 2.90. The molecule has 1 aliphatic rings. The highest BCUT2D eigenvalue weighted by atomic mass is 16.5. The highest BCUT2D eigenvalue weighted by molar-refractivity contribution is 6.01. The molecule has 0 spiro atoms. The molecule has 0 aliphatic carbocycles. The molecule has 2 aromatic rings. The van der Waals surface area contributed by atoms with Crippen molar-refractivity contribution in [1.29, 1.82) is 0 Å². The lowest BCUT2D eigenvalue weighted by atomic mass is 10.0. The molecule has 114 valence electrons. The van der Waals surface area contributed by atoms with E-state index in [1.807, 2.05) is 42.8 Å². The number of carboxylic acid groups (broad SMARTS) is 1. The molecule has 0 bridgehead atoms. The van der Waals surface area contributed by atoms with E-state index in [1.165, 1.54) is 0 Å². The number of nitrogens with zero attached hydrogens (tertiary/aromatic N) is 2. The first kappa shape index (κ1) is 15.5.